The number of nitrogens with one attached hydrogen (secondary N) is 3. The molecule has 3 aliphatic heterocycles. The van der Waals surface area contributed by atoms with E-state index >= 15 is 0 Å². The van der Waals surface area contributed by atoms with Gasteiger partial charge in [0, 0.05) is 24.5 Å². The number of thiophene rings is 1. The van der Waals surface area contributed by atoms with Gasteiger partial charge in [0.05, 0.1) is 16.9 Å². The number of nitrogens with two attached hydrogens (primary N) is 1. The van der Waals surface area contributed by atoms with E-state index in [1.165, 1.54) is 11.3 Å². The van der Waals surface area contributed by atoms with Gasteiger partial charge in [-0.15, -0.1) is 11.3 Å². The Balaban J connectivity index is 1.43. The van der Waals surface area contributed by atoms with Crippen LogP contribution in [0.15, 0.2) is 28.4 Å². The molecule has 2 bridgehead atoms. The Labute approximate surface area is 204 Å². The fourth-order valence-corrected chi connectivity index (χ4v) is 5.96. The molecule has 0 aromatic carbocycles. The van der Waals surface area contributed by atoms with Gasteiger partial charge >= 0.3 is 6.09 Å². The summed E-state index contributed by atoms with van der Waals surface area (Å²) in [6, 6.07) is 5.94. The number of ether oxygens (including phenoxy) is 1. The molecule has 3 fully saturated rings. The predicted octanol–water partition coefficient (Wildman–Crippen LogP) is 3.31. The minimum atomic E-state index is -0.628. The highest BCUT2D eigenvalue weighted by Crippen LogP contribution is 2.41. The van der Waals surface area contributed by atoms with Gasteiger partial charge in [0.1, 0.15) is 27.4 Å². The highest BCUT2D eigenvalue weighted by atomic mass is 32.1. The van der Waals surface area contributed by atoms with Gasteiger partial charge < -0.3 is 25.8 Å². The number of carbonyl (C=O) groups excluding carboxylic acids is 1. The van der Waals surface area contributed by atoms with Crippen LogP contribution in [0.3, 0.4) is 0 Å². The number of aromatic nitrogens is 4. The molecule has 3 aliphatic rings. The van der Waals surface area contributed by atoms with Gasteiger partial charge in [0.2, 0.25) is 0 Å². The number of carbonyl (C=O) groups is 1. The topological polar surface area (TPSA) is 142 Å². The van der Waals surface area contributed by atoms with Crippen molar-refractivity contribution in [3.63, 3.8) is 0 Å². The minimum absolute atomic E-state index is 0.242. The second kappa shape index (κ2) is 7.53. The lowest BCUT2D eigenvalue weighted by atomic mass is 9.78. The van der Waals surface area contributed by atoms with Crippen molar-refractivity contribution in [1.82, 2.24) is 30.2 Å². The van der Waals surface area contributed by atoms with Crippen LogP contribution in [0.2, 0.25) is 0 Å². The third kappa shape index (κ3) is 3.49. The number of H-pyrrole nitrogens is 2. The number of pyridine rings is 2. The first-order valence-electron chi connectivity index (χ1n) is 11.7. The van der Waals surface area contributed by atoms with Gasteiger partial charge in [-0.2, -0.15) is 0 Å². The summed E-state index contributed by atoms with van der Waals surface area (Å²) in [6.45, 7) is 6.76. The zero-order valence-electron chi connectivity index (χ0n) is 19.8. The van der Waals surface area contributed by atoms with Crippen LogP contribution in [-0.2, 0) is 10.3 Å². The van der Waals surface area contributed by atoms with Gasteiger partial charge in [-0.05, 0) is 57.2 Å². The summed E-state index contributed by atoms with van der Waals surface area (Å²) in [7, 11) is 0. The lowest BCUT2D eigenvalue weighted by molar-refractivity contribution is -0.0442. The molecule has 3 saturated heterocycles. The van der Waals surface area contributed by atoms with Gasteiger partial charge in [-0.3, -0.25) is 9.69 Å². The number of nitrogen functional groups attached to an aromatic ring is 1. The van der Waals surface area contributed by atoms with Gasteiger partial charge in [-0.25, -0.2) is 14.8 Å². The molecule has 0 saturated carbocycles. The Morgan fingerprint density at radius 1 is 1.26 bits per heavy atom. The number of hydrogen-bond acceptors (Lipinski definition) is 8. The lowest BCUT2D eigenvalue weighted by Crippen LogP contribution is -2.69. The average Bonchev–Trinajstić information content (AvgIpc) is 3.45. The molecule has 1 amide bonds. The standard InChI is InChI=1S/C24H27N7O3S/c1-23(2,3)34-22(33)31-10-12-6-8-24(31,11-26-12)15-5-4-14-18(28-15)29-19(27-14)16-17(25)13-7-9-35-21(13)30-20(16)32/h4-5,7,9,12,26H,6,8,10-11H2,1-3H3,(H3,25,30,32)(H,27,28,29). The first kappa shape index (κ1) is 22.1. The summed E-state index contributed by atoms with van der Waals surface area (Å²) in [5, 5.41) is 6.21. The van der Waals surface area contributed by atoms with Crippen molar-refractivity contribution in [3.8, 4) is 11.4 Å². The molecule has 182 valence electrons. The Kier molecular flexibility index (Phi) is 4.74. The molecular weight excluding hydrogens is 466 g/mol. The molecular formula is C24H27N7O3S. The predicted molar refractivity (Wildman–Crippen MR) is 135 cm³/mol. The number of piperidine rings is 2. The van der Waals surface area contributed by atoms with Crippen molar-refractivity contribution >= 4 is 44.5 Å². The van der Waals surface area contributed by atoms with Crippen molar-refractivity contribution in [2.45, 2.75) is 50.8 Å². The quantitative estimate of drug-likeness (QED) is 0.336. The number of amides is 1. The van der Waals surface area contributed by atoms with Crippen LogP contribution in [0.25, 0.3) is 32.8 Å². The minimum Gasteiger partial charge on any atom is -0.444 e. The van der Waals surface area contributed by atoms with E-state index in [2.05, 4.69) is 20.3 Å². The fourth-order valence-electron chi connectivity index (χ4n) is 5.17. The maximum absolute atomic E-state index is 13.2. The van der Waals surface area contributed by atoms with Crippen LogP contribution in [0.1, 0.15) is 39.3 Å². The molecule has 7 heterocycles. The number of imidazole rings is 1. The molecule has 2 unspecified atom stereocenters. The average molecular weight is 494 g/mol. The molecule has 4 aromatic heterocycles. The van der Waals surface area contributed by atoms with Crippen LogP contribution >= 0.6 is 11.3 Å². The zero-order valence-corrected chi connectivity index (χ0v) is 20.6. The third-order valence-electron chi connectivity index (χ3n) is 6.86. The number of anilines is 1. The van der Waals surface area contributed by atoms with Gasteiger partial charge in [0.25, 0.3) is 5.56 Å². The number of hydrogen-bond donors (Lipinski definition) is 4. The summed E-state index contributed by atoms with van der Waals surface area (Å²) in [4.78, 5) is 44.1. The number of aromatic amines is 2. The maximum Gasteiger partial charge on any atom is 0.411 e. The Morgan fingerprint density at radius 3 is 2.83 bits per heavy atom. The Bertz CT molecular complexity index is 1520. The normalized spacial score (nSPS) is 22.3. The van der Waals surface area contributed by atoms with Crippen molar-refractivity contribution in [2.24, 2.45) is 0 Å². The molecule has 2 atom stereocenters. The van der Waals surface area contributed by atoms with Crippen LogP contribution in [0.5, 0.6) is 0 Å². The molecule has 35 heavy (non-hydrogen) atoms. The Morgan fingerprint density at radius 2 is 2.09 bits per heavy atom. The van der Waals surface area contributed by atoms with Crippen LogP contribution in [-0.4, -0.2) is 55.7 Å². The van der Waals surface area contributed by atoms with Crippen molar-refractivity contribution < 1.29 is 9.53 Å². The monoisotopic (exact) mass is 493 g/mol. The number of rotatable bonds is 2. The lowest BCUT2D eigenvalue weighted by Gasteiger charge is -2.54. The number of nitrogens with zero attached hydrogens (tertiary/aromatic N) is 3. The van der Waals surface area contributed by atoms with Crippen LogP contribution in [0.4, 0.5) is 10.5 Å². The van der Waals surface area contributed by atoms with E-state index in [9.17, 15) is 9.59 Å². The smallest absolute Gasteiger partial charge is 0.411 e. The summed E-state index contributed by atoms with van der Waals surface area (Å²) in [6.07, 6.45) is 1.38. The number of fused-ring (bicyclic) bond motifs is 5. The first-order chi connectivity index (χ1) is 16.6. The summed E-state index contributed by atoms with van der Waals surface area (Å²) in [5.74, 6) is 0.364. The van der Waals surface area contributed by atoms with Gasteiger partial charge in [-0.1, -0.05) is 0 Å². The van der Waals surface area contributed by atoms with Crippen molar-refractivity contribution in [3.05, 3.63) is 39.6 Å². The zero-order chi connectivity index (χ0) is 24.5. The molecule has 0 aliphatic carbocycles. The second-order valence-corrected chi connectivity index (χ2v) is 11.2. The SMILES string of the molecule is CC(C)(C)OC(=O)N1CC2CCC1(c1ccc3[nH]c(-c4c(N)c5ccsc5[nH]c4=O)nc3n1)CN2. The summed E-state index contributed by atoms with van der Waals surface area (Å²) < 4.78 is 5.74. The molecule has 11 heteroatoms. The Hall–Kier alpha value is -3.44. The van der Waals surface area contributed by atoms with E-state index in [0.717, 1.165) is 28.8 Å². The van der Waals surface area contributed by atoms with Crippen molar-refractivity contribution in [1.29, 1.82) is 0 Å². The number of piperazine rings is 1. The molecule has 7 rings (SSSR count). The van der Waals surface area contributed by atoms with E-state index in [0.29, 0.717) is 41.3 Å². The molecule has 0 spiro atoms. The molecule has 4 aromatic rings. The largest absolute Gasteiger partial charge is 0.444 e. The summed E-state index contributed by atoms with van der Waals surface area (Å²) >= 11 is 1.43. The van der Waals surface area contributed by atoms with E-state index < -0.39 is 11.1 Å². The van der Waals surface area contributed by atoms with Crippen LogP contribution in [0, 0.1) is 0 Å². The van der Waals surface area contributed by atoms with Crippen molar-refractivity contribution in [2.75, 3.05) is 18.8 Å². The maximum atomic E-state index is 13.2. The third-order valence-corrected chi connectivity index (χ3v) is 7.69. The highest BCUT2D eigenvalue weighted by Gasteiger charge is 2.51. The van der Waals surface area contributed by atoms with E-state index in [1.807, 2.05) is 49.3 Å². The highest BCUT2D eigenvalue weighted by molar-refractivity contribution is 7.16. The molecule has 10 nitrogen and oxygen atoms in total. The first-order valence-corrected chi connectivity index (χ1v) is 12.5. The van der Waals surface area contributed by atoms with E-state index in [4.69, 9.17) is 15.5 Å². The molecule has 5 N–H and O–H groups in total. The molecule has 0 radical (unpaired) electrons. The second-order valence-electron chi connectivity index (χ2n) is 10.3. The fraction of sp³-hybridized carbons (Fsp3) is 0.417. The van der Waals surface area contributed by atoms with Gasteiger partial charge in [0.15, 0.2) is 5.65 Å². The van der Waals surface area contributed by atoms with E-state index in [-0.39, 0.29) is 17.7 Å². The summed E-state index contributed by atoms with van der Waals surface area (Å²) in [5.41, 5.74) is 7.41. The van der Waals surface area contributed by atoms with Crippen LogP contribution < -0.4 is 16.6 Å². The van der Waals surface area contributed by atoms with E-state index in [1.54, 1.807) is 0 Å².